The highest BCUT2D eigenvalue weighted by Crippen LogP contribution is 2.24. The van der Waals surface area contributed by atoms with Crippen LogP contribution in [0.3, 0.4) is 0 Å². The Morgan fingerprint density at radius 3 is 2.38 bits per heavy atom. The van der Waals surface area contributed by atoms with Crippen molar-refractivity contribution in [3.8, 4) is 0 Å². The molecule has 0 bridgehead atoms. The molecule has 140 valence electrons. The summed E-state index contributed by atoms with van der Waals surface area (Å²) in [5.41, 5.74) is 4.61. The summed E-state index contributed by atoms with van der Waals surface area (Å²) in [6, 6.07) is 7.98. The number of amides is 1. The SMILES string of the molecule is CCCN(CCC)C(=O)c1cc(C)nc(Nc2c(C)cccc2CC)n1. The Morgan fingerprint density at radius 2 is 1.77 bits per heavy atom. The molecule has 0 radical (unpaired) electrons. The maximum Gasteiger partial charge on any atom is 0.272 e. The predicted octanol–water partition coefficient (Wildman–Crippen LogP) is 4.66. The predicted molar refractivity (Wildman–Crippen MR) is 107 cm³/mol. The van der Waals surface area contributed by atoms with Crippen molar-refractivity contribution in [1.82, 2.24) is 14.9 Å². The van der Waals surface area contributed by atoms with Gasteiger partial charge >= 0.3 is 0 Å². The van der Waals surface area contributed by atoms with Crippen molar-refractivity contribution in [2.75, 3.05) is 18.4 Å². The summed E-state index contributed by atoms with van der Waals surface area (Å²) < 4.78 is 0. The van der Waals surface area contributed by atoms with Crippen LogP contribution in [0, 0.1) is 13.8 Å². The molecule has 0 saturated carbocycles. The third-order valence-electron chi connectivity index (χ3n) is 4.32. The lowest BCUT2D eigenvalue weighted by molar-refractivity contribution is 0.0749. The number of aromatic nitrogens is 2. The molecule has 1 heterocycles. The number of carbonyl (C=O) groups excluding carboxylic acids is 1. The molecule has 0 aliphatic carbocycles. The number of benzene rings is 1. The van der Waals surface area contributed by atoms with Gasteiger partial charge in [-0.2, -0.15) is 0 Å². The Morgan fingerprint density at radius 1 is 1.08 bits per heavy atom. The molecule has 0 aliphatic rings. The van der Waals surface area contributed by atoms with Gasteiger partial charge in [-0.3, -0.25) is 4.79 Å². The van der Waals surface area contributed by atoms with Crippen LogP contribution in [0.25, 0.3) is 0 Å². The largest absolute Gasteiger partial charge is 0.337 e. The summed E-state index contributed by atoms with van der Waals surface area (Å²) in [6.45, 7) is 11.7. The van der Waals surface area contributed by atoms with E-state index in [1.54, 1.807) is 6.07 Å². The lowest BCUT2D eigenvalue weighted by Crippen LogP contribution is -2.33. The normalized spacial score (nSPS) is 10.7. The molecule has 2 rings (SSSR count). The van der Waals surface area contributed by atoms with E-state index >= 15 is 0 Å². The highest BCUT2D eigenvalue weighted by atomic mass is 16.2. The van der Waals surface area contributed by atoms with Crippen molar-refractivity contribution in [3.63, 3.8) is 0 Å². The molecule has 0 unspecified atom stereocenters. The first-order valence-electron chi connectivity index (χ1n) is 9.50. The average Bonchev–Trinajstić information content (AvgIpc) is 2.62. The first kappa shape index (κ1) is 19.9. The molecule has 1 aromatic carbocycles. The molecule has 5 nitrogen and oxygen atoms in total. The summed E-state index contributed by atoms with van der Waals surface area (Å²) >= 11 is 0. The van der Waals surface area contributed by atoms with E-state index in [1.807, 2.05) is 11.8 Å². The van der Waals surface area contributed by atoms with E-state index < -0.39 is 0 Å². The third-order valence-corrected chi connectivity index (χ3v) is 4.32. The minimum atomic E-state index is -0.0252. The Balaban J connectivity index is 2.34. The second kappa shape index (κ2) is 9.32. The molecule has 1 amide bonds. The van der Waals surface area contributed by atoms with Crippen LogP contribution in [0.4, 0.5) is 11.6 Å². The Bertz CT molecular complexity index is 752. The second-order valence-corrected chi connectivity index (χ2v) is 6.60. The molecule has 26 heavy (non-hydrogen) atoms. The number of hydrogen-bond acceptors (Lipinski definition) is 4. The molecule has 0 atom stereocenters. The monoisotopic (exact) mass is 354 g/mol. The second-order valence-electron chi connectivity index (χ2n) is 6.60. The number of aryl methyl sites for hydroxylation is 3. The van der Waals surface area contributed by atoms with Crippen LogP contribution in [0.5, 0.6) is 0 Å². The van der Waals surface area contributed by atoms with E-state index in [9.17, 15) is 4.79 Å². The molecule has 2 aromatic rings. The number of rotatable bonds is 8. The average molecular weight is 354 g/mol. The zero-order chi connectivity index (χ0) is 19.1. The van der Waals surface area contributed by atoms with Crippen LogP contribution in [0.2, 0.25) is 0 Å². The van der Waals surface area contributed by atoms with Crippen molar-refractivity contribution >= 4 is 17.5 Å². The highest BCUT2D eigenvalue weighted by Gasteiger charge is 2.18. The number of nitrogens with zero attached hydrogens (tertiary/aromatic N) is 3. The zero-order valence-electron chi connectivity index (χ0n) is 16.6. The van der Waals surface area contributed by atoms with E-state index in [0.29, 0.717) is 11.6 Å². The van der Waals surface area contributed by atoms with Gasteiger partial charge in [-0.25, -0.2) is 9.97 Å². The van der Waals surface area contributed by atoms with Crippen LogP contribution in [-0.4, -0.2) is 33.9 Å². The van der Waals surface area contributed by atoms with Gasteiger partial charge in [-0.05, 0) is 50.3 Å². The maximum absolute atomic E-state index is 12.9. The van der Waals surface area contributed by atoms with Gasteiger partial charge in [0.15, 0.2) is 0 Å². The summed E-state index contributed by atoms with van der Waals surface area (Å²) in [5, 5.41) is 3.34. The summed E-state index contributed by atoms with van der Waals surface area (Å²) in [7, 11) is 0. The molecule has 0 saturated heterocycles. The standard InChI is InChI=1S/C21H30N4O/c1-6-12-25(13-7-2)20(26)18-14-16(5)22-21(23-18)24-19-15(4)10-9-11-17(19)8-3/h9-11,14H,6-8,12-13H2,1-5H3,(H,22,23,24). The quantitative estimate of drug-likeness (QED) is 0.749. The van der Waals surface area contributed by atoms with Gasteiger partial charge in [0, 0.05) is 24.5 Å². The number of anilines is 2. The summed E-state index contributed by atoms with van der Waals surface area (Å²) in [6.07, 6.45) is 2.79. The van der Waals surface area contributed by atoms with Crippen molar-refractivity contribution in [2.24, 2.45) is 0 Å². The lowest BCUT2D eigenvalue weighted by Gasteiger charge is -2.21. The Kier molecular flexibility index (Phi) is 7.13. The third kappa shape index (κ3) is 4.81. The van der Waals surface area contributed by atoms with Crippen LogP contribution in [0.1, 0.15) is 60.9 Å². The highest BCUT2D eigenvalue weighted by molar-refractivity contribution is 5.92. The summed E-state index contributed by atoms with van der Waals surface area (Å²) in [5.74, 6) is 0.452. The smallest absolute Gasteiger partial charge is 0.272 e. The van der Waals surface area contributed by atoms with Crippen LogP contribution in [-0.2, 0) is 6.42 Å². The lowest BCUT2D eigenvalue weighted by atomic mass is 10.1. The molecular formula is C21H30N4O. The van der Waals surface area contributed by atoms with Gasteiger partial charge in [-0.15, -0.1) is 0 Å². The zero-order valence-corrected chi connectivity index (χ0v) is 16.6. The van der Waals surface area contributed by atoms with Gasteiger partial charge < -0.3 is 10.2 Å². The first-order valence-corrected chi connectivity index (χ1v) is 9.50. The minimum Gasteiger partial charge on any atom is -0.337 e. The van der Waals surface area contributed by atoms with Crippen molar-refractivity contribution < 1.29 is 4.79 Å². The van der Waals surface area contributed by atoms with Crippen molar-refractivity contribution in [2.45, 2.75) is 53.9 Å². The van der Waals surface area contributed by atoms with Crippen molar-refractivity contribution in [3.05, 3.63) is 46.8 Å². The number of hydrogen-bond donors (Lipinski definition) is 1. The van der Waals surface area contributed by atoms with Gasteiger partial charge in [0.05, 0.1) is 0 Å². The first-order chi connectivity index (χ1) is 12.5. The van der Waals surface area contributed by atoms with Gasteiger partial charge in [-0.1, -0.05) is 39.0 Å². The van der Waals surface area contributed by atoms with Gasteiger partial charge in [0.25, 0.3) is 5.91 Å². The maximum atomic E-state index is 12.9. The number of para-hydroxylation sites is 1. The Hall–Kier alpha value is -2.43. The summed E-state index contributed by atoms with van der Waals surface area (Å²) in [4.78, 5) is 23.8. The van der Waals surface area contributed by atoms with E-state index in [4.69, 9.17) is 0 Å². The molecule has 0 spiro atoms. The Labute approximate surface area is 156 Å². The van der Waals surface area contributed by atoms with E-state index in [2.05, 4.69) is 61.2 Å². The minimum absolute atomic E-state index is 0.0252. The van der Waals surface area contributed by atoms with Gasteiger partial charge in [0.2, 0.25) is 5.95 Å². The van der Waals surface area contributed by atoms with Crippen molar-refractivity contribution in [1.29, 1.82) is 0 Å². The molecule has 1 aromatic heterocycles. The number of nitrogens with one attached hydrogen (secondary N) is 1. The molecule has 5 heteroatoms. The molecular weight excluding hydrogens is 324 g/mol. The topological polar surface area (TPSA) is 58.1 Å². The van der Waals surface area contributed by atoms with Crippen LogP contribution >= 0.6 is 0 Å². The molecule has 0 fully saturated rings. The fraction of sp³-hybridized carbons (Fsp3) is 0.476. The van der Waals surface area contributed by atoms with E-state index in [0.717, 1.165) is 49.3 Å². The fourth-order valence-electron chi connectivity index (χ4n) is 3.06. The van der Waals surface area contributed by atoms with Crippen LogP contribution < -0.4 is 5.32 Å². The fourth-order valence-corrected chi connectivity index (χ4v) is 3.06. The van der Waals surface area contributed by atoms with Crippen LogP contribution in [0.15, 0.2) is 24.3 Å². The van der Waals surface area contributed by atoms with E-state index in [1.165, 1.54) is 5.56 Å². The number of carbonyl (C=O) groups is 1. The molecule has 0 aliphatic heterocycles. The molecule has 1 N–H and O–H groups in total. The van der Waals surface area contributed by atoms with Gasteiger partial charge in [0.1, 0.15) is 5.69 Å². The van der Waals surface area contributed by atoms with E-state index in [-0.39, 0.29) is 5.91 Å².